The summed E-state index contributed by atoms with van der Waals surface area (Å²) in [6, 6.07) is 27.6. The molecule has 6 rings (SSSR count). The van der Waals surface area contributed by atoms with Gasteiger partial charge in [0, 0.05) is 63.9 Å². The predicted molar refractivity (Wildman–Crippen MR) is 177 cm³/mol. The molecule has 224 valence electrons. The average molecular weight is 601 g/mol. The summed E-state index contributed by atoms with van der Waals surface area (Å²) in [4.78, 5) is 66.4. The van der Waals surface area contributed by atoms with Gasteiger partial charge in [0.05, 0.1) is 0 Å². The smallest absolute Gasteiger partial charge is 0.261 e. The maximum atomic E-state index is 12.4. The first-order valence-corrected chi connectivity index (χ1v) is 13.8. The molecular formula is C34H28N6O5. The second-order valence-corrected chi connectivity index (χ2v) is 9.95. The lowest BCUT2D eigenvalue weighted by Crippen LogP contribution is -2.22. The molecule has 0 aliphatic rings. The highest BCUT2D eigenvalue weighted by atomic mass is 16.2. The monoisotopic (exact) mass is 600 g/mol. The second-order valence-electron chi connectivity index (χ2n) is 9.95. The lowest BCUT2D eigenvalue weighted by molar-refractivity contribution is -0.114. The normalized spacial score (nSPS) is 10.4. The molecule has 0 aliphatic carbocycles. The van der Waals surface area contributed by atoms with Crippen molar-refractivity contribution in [3.8, 4) is 0 Å². The molecule has 11 nitrogen and oxygen atoms in total. The first kappa shape index (κ1) is 30.0. The number of amides is 3. The van der Waals surface area contributed by atoms with E-state index in [0.717, 1.165) is 0 Å². The highest BCUT2D eigenvalue weighted by Crippen LogP contribution is 2.17. The lowest BCUT2D eigenvalue weighted by atomic mass is 10.1. The number of rotatable bonds is 5. The summed E-state index contributed by atoms with van der Waals surface area (Å²) in [6.07, 6.45) is 2.82. The van der Waals surface area contributed by atoms with Gasteiger partial charge in [0.25, 0.3) is 11.8 Å². The standard InChI is InChI=1S/C18H15N3O3.C16H13N3O2/c1-11(22)20-12-5-4-6-13(9-12)21-18(24)15-10-19-16-8-3-2-7-14(16)17(15)23;17-10-4-3-5-11(8-10)19-16(21)13-9-18-14-7-2-1-6-12(14)15(13)20/h2-10H,1H3,(H,19,23)(H,20,22)(H,21,24);1-9H,17H2,(H,18,20)(H,19,21). The van der Waals surface area contributed by atoms with Gasteiger partial charge in [-0.25, -0.2) is 0 Å². The van der Waals surface area contributed by atoms with Crippen LogP contribution in [0.1, 0.15) is 27.6 Å². The number of nitrogens with one attached hydrogen (secondary N) is 5. The Hall–Kier alpha value is -6.49. The summed E-state index contributed by atoms with van der Waals surface area (Å²) in [5.41, 5.74) is 8.63. The van der Waals surface area contributed by atoms with Gasteiger partial charge in [0.15, 0.2) is 0 Å². The summed E-state index contributed by atoms with van der Waals surface area (Å²) in [5.74, 6) is -1.18. The van der Waals surface area contributed by atoms with Crippen molar-refractivity contribution in [2.75, 3.05) is 21.7 Å². The van der Waals surface area contributed by atoms with Crippen molar-refractivity contribution in [1.29, 1.82) is 0 Å². The third-order valence-corrected chi connectivity index (χ3v) is 6.65. The van der Waals surface area contributed by atoms with Crippen LogP contribution >= 0.6 is 0 Å². The number of hydrogen-bond donors (Lipinski definition) is 6. The molecule has 6 aromatic rings. The van der Waals surface area contributed by atoms with Gasteiger partial charge < -0.3 is 31.7 Å². The molecule has 11 heteroatoms. The van der Waals surface area contributed by atoms with E-state index in [0.29, 0.717) is 44.6 Å². The minimum absolute atomic E-state index is 0.0265. The Labute approximate surface area is 256 Å². The number of benzene rings is 4. The molecule has 0 saturated carbocycles. The number of fused-ring (bicyclic) bond motifs is 2. The van der Waals surface area contributed by atoms with Crippen LogP contribution in [0, 0.1) is 0 Å². The minimum atomic E-state index is -0.512. The second kappa shape index (κ2) is 13.2. The molecule has 2 aromatic heterocycles. The van der Waals surface area contributed by atoms with E-state index in [9.17, 15) is 24.0 Å². The summed E-state index contributed by atoms with van der Waals surface area (Å²) >= 11 is 0. The minimum Gasteiger partial charge on any atom is -0.399 e. The molecule has 0 saturated heterocycles. The van der Waals surface area contributed by atoms with Crippen LogP contribution in [-0.2, 0) is 4.79 Å². The molecule has 2 heterocycles. The lowest BCUT2D eigenvalue weighted by Gasteiger charge is -2.08. The molecule has 7 N–H and O–H groups in total. The Morgan fingerprint density at radius 1 is 0.578 bits per heavy atom. The molecular weight excluding hydrogens is 572 g/mol. The van der Waals surface area contributed by atoms with Crippen molar-refractivity contribution in [3.63, 3.8) is 0 Å². The highest BCUT2D eigenvalue weighted by Gasteiger charge is 2.14. The van der Waals surface area contributed by atoms with Gasteiger partial charge in [-0.2, -0.15) is 0 Å². The number of pyridine rings is 2. The number of aromatic amines is 2. The maximum Gasteiger partial charge on any atom is 0.261 e. The number of hydrogen-bond acceptors (Lipinski definition) is 6. The van der Waals surface area contributed by atoms with Crippen molar-refractivity contribution in [3.05, 3.63) is 141 Å². The number of nitrogens with two attached hydrogens (primary N) is 1. The molecule has 0 fully saturated rings. The van der Waals surface area contributed by atoms with E-state index in [4.69, 9.17) is 5.73 Å². The van der Waals surface area contributed by atoms with E-state index in [-0.39, 0.29) is 27.9 Å². The number of H-pyrrole nitrogens is 2. The Balaban J connectivity index is 0.000000179. The van der Waals surface area contributed by atoms with Crippen molar-refractivity contribution in [2.45, 2.75) is 6.92 Å². The number of anilines is 4. The Bertz CT molecular complexity index is 2190. The van der Waals surface area contributed by atoms with Gasteiger partial charge >= 0.3 is 0 Å². The van der Waals surface area contributed by atoms with Crippen LogP contribution in [0.2, 0.25) is 0 Å². The molecule has 4 aromatic carbocycles. The number of aromatic nitrogens is 2. The van der Waals surface area contributed by atoms with Crippen LogP contribution in [0.15, 0.2) is 119 Å². The van der Waals surface area contributed by atoms with Crippen LogP contribution in [-0.4, -0.2) is 27.7 Å². The van der Waals surface area contributed by atoms with Crippen LogP contribution in [0.5, 0.6) is 0 Å². The maximum absolute atomic E-state index is 12.4. The van der Waals surface area contributed by atoms with Crippen LogP contribution < -0.4 is 32.5 Å². The van der Waals surface area contributed by atoms with Gasteiger partial charge in [-0.15, -0.1) is 0 Å². The van der Waals surface area contributed by atoms with Crippen LogP contribution in [0.4, 0.5) is 22.7 Å². The van der Waals surface area contributed by atoms with Crippen molar-refractivity contribution in [1.82, 2.24) is 9.97 Å². The van der Waals surface area contributed by atoms with E-state index in [1.807, 2.05) is 12.1 Å². The Morgan fingerprint density at radius 2 is 1.02 bits per heavy atom. The summed E-state index contributed by atoms with van der Waals surface area (Å²) in [5, 5.41) is 8.91. The van der Waals surface area contributed by atoms with Crippen molar-refractivity contribution < 1.29 is 14.4 Å². The van der Waals surface area contributed by atoms with E-state index in [1.54, 1.807) is 84.9 Å². The SMILES string of the molecule is CC(=O)Nc1cccc(NC(=O)c2c[nH]c3ccccc3c2=O)c1.Nc1cccc(NC(=O)c2c[nH]c3ccccc3c2=O)c1. The molecule has 0 unspecified atom stereocenters. The summed E-state index contributed by atoms with van der Waals surface area (Å²) < 4.78 is 0. The van der Waals surface area contributed by atoms with Gasteiger partial charge in [-0.05, 0) is 60.7 Å². The van der Waals surface area contributed by atoms with E-state index >= 15 is 0 Å². The largest absolute Gasteiger partial charge is 0.399 e. The first-order chi connectivity index (χ1) is 21.7. The van der Waals surface area contributed by atoms with E-state index in [2.05, 4.69) is 25.9 Å². The molecule has 0 spiro atoms. The Kier molecular flexibility index (Phi) is 8.81. The quantitative estimate of drug-likeness (QED) is 0.150. The van der Waals surface area contributed by atoms with Gasteiger partial charge in [-0.1, -0.05) is 36.4 Å². The fraction of sp³-hybridized carbons (Fsp3) is 0.0294. The fourth-order valence-corrected chi connectivity index (χ4v) is 4.56. The fourth-order valence-electron chi connectivity index (χ4n) is 4.56. The highest BCUT2D eigenvalue weighted by molar-refractivity contribution is 6.06. The Morgan fingerprint density at radius 3 is 1.51 bits per heavy atom. The molecule has 3 amide bonds. The van der Waals surface area contributed by atoms with Gasteiger partial charge in [0.1, 0.15) is 11.1 Å². The molecule has 0 atom stereocenters. The van der Waals surface area contributed by atoms with Crippen molar-refractivity contribution in [2.24, 2.45) is 0 Å². The first-order valence-electron chi connectivity index (χ1n) is 13.8. The zero-order valence-electron chi connectivity index (χ0n) is 24.0. The average Bonchev–Trinajstić information content (AvgIpc) is 3.02. The molecule has 45 heavy (non-hydrogen) atoms. The van der Waals surface area contributed by atoms with E-state index in [1.165, 1.54) is 19.3 Å². The molecule has 0 aliphatic heterocycles. The third-order valence-electron chi connectivity index (χ3n) is 6.65. The zero-order valence-corrected chi connectivity index (χ0v) is 24.0. The number of nitrogen functional groups attached to an aromatic ring is 1. The summed E-state index contributed by atoms with van der Waals surface area (Å²) in [7, 11) is 0. The molecule has 0 bridgehead atoms. The van der Waals surface area contributed by atoms with Crippen LogP contribution in [0.25, 0.3) is 21.8 Å². The van der Waals surface area contributed by atoms with Crippen molar-refractivity contribution >= 4 is 62.3 Å². The number of carbonyl (C=O) groups is 3. The van der Waals surface area contributed by atoms with E-state index < -0.39 is 11.8 Å². The predicted octanol–water partition coefficient (Wildman–Crippen LogP) is 5.10. The summed E-state index contributed by atoms with van der Waals surface area (Å²) in [6.45, 7) is 1.40. The zero-order chi connectivity index (χ0) is 31.9. The number of para-hydroxylation sites is 2. The topological polar surface area (TPSA) is 179 Å². The molecule has 0 radical (unpaired) electrons. The van der Waals surface area contributed by atoms with Gasteiger partial charge in [0.2, 0.25) is 16.8 Å². The number of carbonyl (C=O) groups excluding carboxylic acids is 3. The van der Waals surface area contributed by atoms with Crippen LogP contribution in [0.3, 0.4) is 0 Å². The van der Waals surface area contributed by atoms with Gasteiger partial charge in [-0.3, -0.25) is 24.0 Å². The third kappa shape index (κ3) is 7.12.